The third-order valence-electron chi connectivity index (χ3n) is 2.41. The Hall–Kier alpha value is -2.19. The van der Waals surface area contributed by atoms with E-state index in [1.54, 1.807) is 30.3 Å². The molecule has 1 amide bonds. The first-order chi connectivity index (χ1) is 9.95. The molecule has 0 aliphatic carbocycles. The fourth-order valence-electron chi connectivity index (χ4n) is 1.38. The fourth-order valence-corrected chi connectivity index (χ4v) is 2.12. The third-order valence-corrected chi connectivity index (χ3v) is 3.34. The second-order valence-corrected chi connectivity index (χ2v) is 4.90. The second kappa shape index (κ2) is 8.18. The van der Waals surface area contributed by atoms with E-state index in [2.05, 4.69) is 0 Å². The lowest BCUT2D eigenvalue weighted by Gasteiger charge is -2.12. The number of hydrogen-bond acceptors (Lipinski definition) is 6. The van der Waals surface area contributed by atoms with Crippen LogP contribution in [0.3, 0.4) is 0 Å². The summed E-state index contributed by atoms with van der Waals surface area (Å²) in [6.07, 6.45) is 0. The van der Waals surface area contributed by atoms with Crippen molar-refractivity contribution < 1.29 is 24.3 Å². The molecule has 0 saturated heterocycles. The summed E-state index contributed by atoms with van der Waals surface area (Å²) in [5.41, 5.74) is 5.45. The van der Waals surface area contributed by atoms with E-state index >= 15 is 0 Å². The van der Waals surface area contributed by atoms with Gasteiger partial charge in [0.25, 0.3) is 0 Å². The summed E-state index contributed by atoms with van der Waals surface area (Å²) in [5.74, 6) is -3.38. The molecule has 0 radical (unpaired) electrons. The van der Waals surface area contributed by atoms with Gasteiger partial charge in [0.05, 0.1) is 12.3 Å². The lowest BCUT2D eigenvalue weighted by Crippen LogP contribution is -2.49. The van der Waals surface area contributed by atoms with Crippen molar-refractivity contribution in [1.82, 2.24) is 5.32 Å². The van der Waals surface area contributed by atoms with Crippen molar-refractivity contribution in [3.63, 3.8) is 0 Å². The minimum Gasteiger partial charge on any atom is -0.479 e. The maximum atomic E-state index is 11.8. The topological polar surface area (TPSA) is 127 Å². The lowest BCUT2D eigenvalue weighted by atomic mass is 10.2. The number of rotatable bonds is 7. The number of nitrogens with two attached hydrogens (primary N) is 1. The van der Waals surface area contributed by atoms with Gasteiger partial charge < -0.3 is 16.2 Å². The van der Waals surface area contributed by atoms with Gasteiger partial charge in [-0.25, -0.2) is 4.79 Å². The van der Waals surface area contributed by atoms with Gasteiger partial charge in [0.1, 0.15) is 0 Å². The van der Waals surface area contributed by atoms with Gasteiger partial charge >= 0.3 is 5.97 Å². The molecule has 21 heavy (non-hydrogen) atoms. The van der Waals surface area contributed by atoms with Crippen LogP contribution in [0.5, 0.6) is 0 Å². The Balaban J connectivity index is 2.60. The standard InChI is InChI=1S/C13H14N2O5S/c14-6-10(17)15-11(12(18)19)9(16)7-21-13(20)8-4-2-1-3-5-8/h1-5,11H,6-7,14H2,(H,15,17)(H,18,19). The molecule has 7 nitrogen and oxygen atoms in total. The highest BCUT2D eigenvalue weighted by atomic mass is 32.2. The fraction of sp³-hybridized carbons (Fsp3) is 0.231. The summed E-state index contributed by atoms with van der Waals surface area (Å²) in [7, 11) is 0. The van der Waals surface area contributed by atoms with Crippen LogP contribution in [0.25, 0.3) is 0 Å². The van der Waals surface area contributed by atoms with Crippen LogP contribution in [-0.4, -0.2) is 46.2 Å². The molecule has 0 bridgehead atoms. The van der Waals surface area contributed by atoms with E-state index in [1.807, 2.05) is 5.32 Å². The molecule has 0 fully saturated rings. The maximum Gasteiger partial charge on any atom is 0.334 e. The average Bonchev–Trinajstić information content (AvgIpc) is 2.50. The zero-order valence-electron chi connectivity index (χ0n) is 10.9. The zero-order valence-corrected chi connectivity index (χ0v) is 11.8. The summed E-state index contributed by atoms with van der Waals surface area (Å²) in [5, 5.41) is 10.5. The van der Waals surface area contributed by atoms with Gasteiger partial charge in [0, 0.05) is 5.56 Å². The first-order valence-electron chi connectivity index (χ1n) is 5.92. The summed E-state index contributed by atoms with van der Waals surface area (Å²) in [6, 6.07) is 6.58. The number of aliphatic carboxylic acids is 1. The minimum atomic E-state index is -1.70. The minimum absolute atomic E-state index is 0.349. The largest absolute Gasteiger partial charge is 0.479 e. The Morgan fingerprint density at radius 1 is 1.19 bits per heavy atom. The number of carboxylic acid groups (broad SMARTS) is 1. The van der Waals surface area contributed by atoms with Gasteiger partial charge in [-0.15, -0.1) is 0 Å². The van der Waals surface area contributed by atoms with Crippen molar-refractivity contribution in [2.75, 3.05) is 12.3 Å². The average molecular weight is 310 g/mol. The molecule has 1 rings (SSSR count). The van der Waals surface area contributed by atoms with Crippen molar-refractivity contribution >= 4 is 34.5 Å². The Labute approximate surface area is 124 Å². The molecule has 1 unspecified atom stereocenters. The molecule has 1 atom stereocenters. The summed E-state index contributed by atoms with van der Waals surface area (Å²) < 4.78 is 0. The van der Waals surface area contributed by atoms with Crippen LogP contribution < -0.4 is 11.1 Å². The Morgan fingerprint density at radius 2 is 1.81 bits per heavy atom. The SMILES string of the molecule is NCC(=O)NC(C(=O)O)C(=O)CSC(=O)c1ccccc1. The molecule has 0 heterocycles. The number of thioether (sulfide) groups is 1. The molecule has 0 aliphatic rings. The highest BCUT2D eigenvalue weighted by Gasteiger charge is 2.28. The van der Waals surface area contributed by atoms with E-state index < -0.39 is 30.2 Å². The van der Waals surface area contributed by atoms with Crippen LogP contribution in [-0.2, 0) is 14.4 Å². The van der Waals surface area contributed by atoms with Crippen LogP contribution in [0, 0.1) is 0 Å². The van der Waals surface area contributed by atoms with E-state index in [-0.39, 0.29) is 10.9 Å². The molecule has 0 aromatic heterocycles. The van der Waals surface area contributed by atoms with E-state index in [9.17, 15) is 19.2 Å². The van der Waals surface area contributed by atoms with Crippen molar-refractivity contribution in [2.45, 2.75) is 6.04 Å². The smallest absolute Gasteiger partial charge is 0.334 e. The number of carbonyl (C=O) groups is 4. The number of amides is 1. The van der Waals surface area contributed by atoms with Crippen LogP contribution in [0.4, 0.5) is 0 Å². The lowest BCUT2D eigenvalue weighted by molar-refractivity contribution is -0.145. The zero-order chi connectivity index (χ0) is 15.8. The Bertz CT molecular complexity index is 547. The van der Waals surface area contributed by atoms with E-state index in [1.165, 1.54) is 0 Å². The third kappa shape index (κ3) is 5.36. The molecular formula is C13H14N2O5S. The monoisotopic (exact) mass is 310 g/mol. The summed E-state index contributed by atoms with van der Waals surface area (Å²) in [6.45, 7) is -0.423. The molecular weight excluding hydrogens is 296 g/mol. The number of carbonyl (C=O) groups excluding carboxylic acids is 3. The quantitative estimate of drug-likeness (QED) is 0.588. The number of Topliss-reactive ketones (excluding diaryl/α,β-unsaturated/α-hetero) is 1. The van der Waals surface area contributed by atoms with Crippen LogP contribution >= 0.6 is 11.8 Å². The summed E-state index contributed by atoms with van der Waals surface area (Å²) in [4.78, 5) is 45.5. The second-order valence-electron chi connectivity index (χ2n) is 3.95. The molecule has 0 spiro atoms. The van der Waals surface area contributed by atoms with Gasteiger partial charge in [0.15, 0.2) is 11.8 Å². The summed E-state index contributed by atoms with van der Waals surface area (Å²) >= 11 is 0.684. The van der Waals surface area contributed by atoms with Gasteiger partial charge in [-0.3, -0.25) is 14.4 Å². The molecule has 8 heteroatoms. The van der Waals surface area contributed by atoms with Crippen LogP contribution in [0.1, 0.15) is 10.4 Å². The molecule has 1 aromatic rings. The molecule has 4 N–H and O–H groups in total. The van der Waals surface area contributed by atoms with E-state index in [0.29, 0.717) is 17.3 Å². The molecule has 0 saturated carbocycles. The predicted octanol–water partition coefficient (Wildman–Crippen LogP) is -0.343. The van der Waals surface area contributed by atoms with E-state index in [0.717, 1.165) is 0 Å². The molecule has 112 valence electrons. The van der Waals surface area contributed by atoms with Gasteiger partial charge in [0.2, 0.25) is 11.0 Å². The Kier molecular flexibility index (Phi) is 6.57. The normalized spacial score (nSPS) is 11.5. The van der Waals surface area contributed by atoms with Crippen molar-refractivity contribution in [3.05, 3.63) is 35.9 Å². The highest BCUT2D eigenvalue weighted by Crippen LogP contribution is 2.12. The van der Waals surface area contributed by atoms with Crippen LogP contribution in [0.2, 0.25) is 0 Å². The van der Waals surface area contributed by atoms with Gasteiger partial charge in [-0.1, -0.05) is 42.1 Å². The molecule has 0 aliphatic heterocycles. The number of nitrogens with one attached hydrogen (secondary N) is 1. The van der Waals surface area contributed by atoms with Crippen molar-refractivity contribution in [3.8, 4) is 0 Å². The number of benzene rings is 1. The Morgan fingerprint density at radius 3 is 2.33 bits per heavy atom. The first-order valence-corrected chi connectivity index (χ1v) is 6.91. The highest BCUT2D eigenvalue weighted by molar-refractivity contribution is 8.14. The maximum absolute atomic E-state index is 11.8. The van der Waals surface area contributed by atoms with Crippen LogP contribution in [0.15, 0.2) is 30.3 Å². The van der Waals surface area contributed by atoms with Crippen molar-refractivity contribution in [2.24, 2.45) is 5.73 Å². The van der Waals surface area contributed by atoms with E-state index in [4.69, 9.17) is 10.8 Å². The number of carboxylic acids is 1. The van der Waals surface area contributed by atoms with Gasteiger partial charge in [-0.2, -0.15) is 0 Å². The predicted molar refractivity (Wildman–Crippen MR) is 76.9 cm³/mol. The number of ketones is 1. The number of hydrogen-bond donors (Lipinski definition) is 3. The van der Waals surface area contributed by atoms with Gasteiger partial charge in [-0.05, 0) is 0 Å². The molecule has 1 aromatic carbocycles. The van der Waals surface area contributed by atoms with Crippen molar-refractivity contribution in [1.29, 1.82) is 0 Å². The first kappa shape index (κ1) is 16.9.